The second-order valence-corrected chi connectivity index (χ2v) is 6.57. The molecule has 0 aliphatic carbocycles. The first kappa shape index (κ1) is 19.8. The van der Waals surface area contributed by atoms with E-state index in [0.29, 0.717) is 0 Å². The molecule has 0 nitrogen and oxygen atoms in total. The summed E-state index contributed by atoms with van der Waals surface area (Å²) in [7, 11) is 0. The number of benzene rings is 2. The molecule has 0 spiro atoms. The van der Waals surface area contributed by atoms with Crippen molar-refractivity contribution in [3.8, 4) is 0 Å². The minimum Gasteiger partial charge on any atom is -0.106 e. The maximum Gasteiger partial charge on any atom is 0.0471 e. The zero-order valence-electron chi connectivity index (χ0n) is 10.8. The first-order valence-corrected chi connectivity index (χ1v) is 8.70. The average molecular weight is 526 g/mol. The smallest absolute Gasteiger partial charge is 0.0471 e. The highest BCUT2D eigenvalue weighted by Gasteiger charge is 2.03. The zero-order valence-corrected chi connectivity index (χ0v) is 17.1. The standard InChI is InChI=1S/C8H8.C6H2Br4.C2H4/c1-2-8-6-4-3-5-7-8;7-3-1-2-4(8)6(10)5(3)9;1-2/h2-7H,1H2;1-2H;1-2H2. The fourth-order valence-electron chi connectivity index (χ4n) is 1.09. The largest absolute Gasteiger partial charge is 0.106 e. The van der Waals surface area contributed by atoms with Crippen molar-refractivity contribution in [1.82, 2.24) is 0 Å². The Labute approximate surface area is 154 Å². The van der Waals surface area contributed by atoms with Crippen LogP contribution in [0.4, 0.5) is 0 Å². The van der Waals surface area contributed by atoms with Crippen LogP contribution in [0.1, 0.15) is 5.56 Å². The van der Waals surface area contributed by atoms with Gasteiger partial charge in [-0.1, -0.05) is 43.0 Å². The van der Waals surface area contributed by atoms with E-state index in [1.54, 1.807) is 0 Å². The van der Waals surface area contributed by atoms with E-state index in [-0.39, 0.29) is 0 Å². The fourth-order valence-corrected chi connectivity index (χ4v) is 2.98. The van der Waals surface area contributed by atoms with Crippen LogP contribution < -0.4 is 0 Å². The van der Waals surface area contributed by atoms with Crippen LogP contribution in [0.25, 0.3) is 6.08 Å². The number of hydrogen-bond donors (Lipinski definition) is 0. The highest BCUT2D eigenvalue weighted by molar-refractivity contribution is 9.15. The minimum atomic E-state index is 1.03. The molecule has 0 aliphatic rings. The normalized spacial score (nSPS) is 8.60. The minimum absolute atomic E-state index is 1.03. The van der Waals surface area contributed by atoms with Crippen molar-refractivity contribution in [2.24, 2.45) is 0 Å². The average Bonchev–Trinajstić information content (AvgIpc) is 2.52. The van der Waals surface area contributed by atoms with Gasteiger partial charge in [0.2, 0.25) is 0 Å². The van der Waals surface area contributed by atoms with E-state index in [0.717, 1.165) is 17.9 Å². The molecule has 0 bridgehead atoms. The quantitative estimate of drug-likeness (QED) is 0.202. The highest BCUT2D eigenvalue weighted by Crippen LogP contribution is 2.35. The van der Waals surface area contributed by atoms with Gasteiger partial charge in [0.1, 0.15) is 0 Å². The molecule has 106 valence electrons. The summed E-state index contributed by atoms with van der Waals surface area (Å²) >= 11 is 13.6. The van der Waals surface area contributed by atoms with Gasteiger partial charge in [0, 0.05) is 17.9 Å². The molecule has 0 atom stereocenters. The summed E-state index contributed by atoms with van der Waals surface area (Å²) in [6.45, 7) is 9.63. The van der Waals surface area contributed by atoms with Crippen molar-refractivity contribution in [2.75, 3.05) is 0 Å². The second-order valence-electron chi connectivity index (χ2n) is 3.27. The molecular weight excluding hydrogens is 512 g/mol. The molecule has 4 heteroatoms. The molecule has 2 rings (SSSR count). The summed E-state index contributed by atoms with van der Waals surface area (Å²) in [6.07, 6.45) is 1.83. The van der Waals surface area contributed by atoms with Crippen LogP contribution in [-0.4, -0.2) is 0 Å². The van der Waals surface area contributed by atoms with Crippen LogP contribution in [0.3, 0.4) is 0 Å². The van der Waals surface area contributed by atoms with E-state index < -0.39 is 0 Å². The van der Waals surface area contributed by atoms with Gasteiger partial charge in [0.05, 0.1) is 0 Å². The Bertz CT molecular complexity index is 509. The predicted octanol–water partition coefficient (Wildman–Crippen LogP) is 7.87. The van der Waals surface area contributed by atoms with Crippen LogP contribution in [0, 0.1) is 0 Å². The first-order chi connectivity index (χ1) is 9.56. The molecule has 2 aromatic rings. The van der Waals surface area contributed by atoms with Gasteiger partial charge in [-0.2, -0.15) is 0 Å². The molecule has 0 saturated carbocycles. The molecule has 0 amide bonds. The van der Waals surface area contributed by atoms with E-state index in [1.807, 2.05) is 48.5 Å². The lowest BCUT2D eigenvalue weighted by Gasteiger charge is -2.00. The summed E-state index contributed by atoms with van der Waals surface area (Å²) in [4.78, 5) is 0. The topological polar surface area (TPSA) is 0 Å². The zero-order chi connectivity index (χ0) is 15.5. The third-order valence-corrected chi connectivity index (χ3v) is 6.59. The molecule has 0 aromatic heterocycles. The molecule has 0 radical (unpaired) electrons. The van der Waals surface area contributed by atoms with E-state index in [1.165, 1.54) is 5.56 Å². The summed E-state index contributed by atoms with van der Waals surface area (Å²) in [5.74, 6) is 0. The van der Waals surface area contributed by atoms with E-state index in [2.05, 4.69) is 83.5 Å². The molecule has 0 unspecified atom stereocenters. The van der Waals surface area contributed by atoms with Crippen LogP contribution >= 0.6 is 63.7 Å². The molecule has 0 aliphatic heterocycles. The van der Waals surface area contributed by atoms with Gasteiger partial charge in [-0.15, -0.1) is 13.2 Å². The molecular formula is C16H14Br4. The number of halogens is 4. The number of hydrogen-bond acceptors (Lipinski definition) is 0. The Morgan fingerprint density at radius 2 is 1.10 bits per heavy atom. The monoisotopic (exact) mass is 522 g/mol. The van der Waals surface area contributed by atoms with Gasteiger partial charge < -0.3 is 0 Å². The van der Waals surface area contributed by atoms with Gasteiger partial charge >= 0.3 is 0 Å². The third-order valence-electron chi connectivity index (χ3n) is 2.02. The molecule has 0 N–H and O–H groups in total. The maximum absolute atomic E-state index is 3.63. The Balaban J connectivity index is 0.000000327. The van der Waals surface area contributed by atoms with E-state index in [4.69, 9.17) is 0 Å². The Morgan fingerprint density at radius 1 is 0.700 bits per heavy atom. The third kappa shape index (κ3) is 7.02. The van der Waals surface area contributed by atoms with Crippen molar-refractivity contribution in [3.05, 3.63) is 85.7 Å². The van der Waals surface area contributed by atoms with Gasteiger partial charge in [-0.05, 0) is 81.4 Å². The van der Waals surface area contributed by atoms with Crippen molar-refractivity contribution >= 4 is 69.8 Å². The lowest BCUT2D eigenvalue weighted by atomic mass is 10.2. The molecule has 0 fully saturated rings. The number of rotatable bonds is 1. The summed E-state index contributed by atoms with van der Waals surface area (Å²) in [5, 5.41) is 0. The van der Waals surface area contributed by atoms with Crippen LogP contribution in [0.15, 0.2) is 80.1 Å². The Morgan fingerprint density at radius 3 is 1.40 bits per heavy atom. The molecule has 20 heavy (non-hydrogen) atoms. The Hall–Kier alpha value is -0.160. The predicted molar refractivity (Wildman–Crippen MR) is 105 cm³/mol. The highest BCUT2D eigenvalue weighted by atomic mass is 79.9. The van der Waals surface area contributed by atoms with Crippen molar-refractivity contribution in [1.29, 1.82) is 0 Å². The fraction of sp³-hybridized carbons (Fsp3) is 0. The summed E-state index contributed by atoms with van der Waals surface area (Å²) in [6, 6.07) is 14.0. The van der Waals surface area contributed by atoms with Gasteiger partial charge in [0.25, 0.3) is 0 Å². The van der Waals surface area contributed by atoms with Crippen molar-refractivity contribution in [2.45, 2.75) is 0 Å². The molecule has 0 heterocycles. The second kappa shape index (κ2) is 11.5. The van der Waals surface area contributed by atoms with Crippen LogP contribution in [0.5, 0.6) is 0 Å². The van der Waals surface area contributed by atoms with E-state index in [9.17, 15) is 0 Å². The summed E-state index contributed by atoms with van der Waals surface area (Å²) in [5.41, 5.74) is 1.17. The van der Waals surface area contributed by atoms with Gasteiger partial charge in [-0.3, -0.25) is 0 Å². The molecule has 0 saturated heterocycles. The van der Waals surface area contributed by atoms with Crippen molar-refractivity contribution in [3.63, 3.8) is 0 Å². The maximum atomic E-state index is 3.63. The van der Waals surface area contributed by atoms with Crippen LogP contribution in [-0.2, 0) is 0 Å². The first-order valence-electron chi connectivity index (χ1n) is 5.52. The lowest BCUT2D eigenvalue weighted by Crippen LogP contribution is -1.73. The summed E-state index contributed by atoms with van der Waals surface area (Å²) < 4.78 is 4.15. The Kier molecular flexibility index (Phi) is 11.4. The lowest BCUT2D eigenvalue weighted by molar-refractivity contribution is 1.50. The van der Waals surface area contributed by atoms with Gasteiger partial charge in [0.15, 0.2) is 0 Å². The SMILES string of the molecule is Brc1ccc(Br)c(Br)c1Br.C=C.C=Cc1ccccc1. The molecule has 2 aromatic carbocycles. The van der Waals surface area contributed by atoms with E-state index >= 15 is 0 Å². The van der Waals surface area contributed by atoms with Crippen molar-refractivity contribution < 1.29 is 0 Å². The van der Waals surface area contributed by atoms with Crippen LogP contribution in [0.2, 0.25) is 0 Å². The van der Waals surface area contributed by atoms with Gasteiger partial charge in [-0.25, -0.2) is 0 Å².